The van der Waals surface area contributed by atoms with Crippen LogP contribution in [0.4, 0.5) is 5.13 Å². The largest absolute Gasteiger partial charge is 0.455 e. The van der Waals surface area contributed by atoms with Crippen LogP contribution in [0.15, 0.2) is 113 Å². The summed E-state index contributed by atoms with van der Waals surface area (Å²) >= 11 is 2.76. The molecule has 2 amide bonds. The molecule has 2 N–H and O–H groups in total. The smallest absolute Gasteiger partial charge is 0.355 e. The van der Waals surface area contributed by atoms with E-state index in [4.69, 9.17) is 19.3 Å². The van der Waals surface area contributed by atoms with E-state index in [0.717, 1.165) is 22.3 Å². The lowest BCUT2D eigenvalue weighted by atomic mass is 9.77. The van der Waals surface area contributed by atoms with Gasteiger partial charge < -0.3 is 24.9 Å². The lowest BCUT2D eigenvalue weighted by Gasteiger charge is -2.49. The Hall–Kier alpha value is -4.98. The highest BCUT2D eigenvalue weighted by molar-refractivity contribution is 8.00. The van der Waals surface area contributed by atoms with Crippen LogP contribution in [-0.4, -0.2) is 69.0 Å². The van der Waals surface area contributed by atoms with E-state index in [1.807, 2.05) is 54.6 Å². The summed E-state index contributed by atoms with van der Waals surface area (Å²) < 4.78 is 11.0. The summed E-state index contributed by atoms with van der Waals surface area (Å²) in [6.07, 6.45) is 0. The van der Waals surface area contributed by atoms with Gasteiger partial charge in [0.25, 0.3) is 11.8 Å². The van der Waals surface area contributed by atoms with Crippen LogP contribution in [0.1, 0.15) is 63.9 Å². The monoisotopic (exact) mass is 753 g/mol. The second-order valence-electron chi connectivity index (χ2n) is 14.1. The Balaban J connectivity index is 1.33. The molecule has 3 aromatic carbocycles. The van der Waals surface area contributed by atoms with Gasteiger partial charge in [0.1, 0.15) is 33.9 Å². The number of carbonyl (C=O) groups excluding carboxylic acids is 3. The number of benzene rings is 3. The summed E-state index contributed by atoms with van der Waals surface area (Å²) in [5.74, 6) is -2.34. The number of esters is 1. The maximum Gasteiger partial charge on any atom is 0.355 e. The van der Waals surface area contributed by atoms with Crippen molar-refractivity contribution in [3.63, 3.8) is 0 Å². The number of hydrogen-bond donors (Lipinski definition) is 2. The summed E-state index contributed by atoms with van der Waals surface area (Å²) in [6.45, 7) is 10.4. The van der Waals surface area contributed by atoms with Gasteiger partial charge in [0.05, 0.1) is 0 Å². The Bertz CT molecular complexity index is 1930. The minimum absolute atomic E-state index is 0.143. The van der Waals surface area contributed by atoms with E-state index in [-0.39, 0.29) is 17.1 Å². The van der Waals surface area contributed by atoms with E-state index in [2.05, 4.69) is 52.2 Å². The fourth-order valence-corrected chi connectivity index (χ4v) is 8.12. The highest BCUT2D eigenvalue weighted by atomic mass is 32.2. The molecule has 6 rings (SSSR count). The van der Waals surface area contributed by atoms with Crippen molar-refractivity contribution in [1.82, 2.24) is 15.2 Å². The number of aromatic nitrogens is 1. The van der Waals surface area contributed by atoms with Gasteiger partial charge in [-0.25, -0.2) is 9.78 Å². The van der Waals surface area contributed by atoms with Crippen molar-refractivity contribution in [1.29, 1.82) is 0 Å². The highest BCUT2D eigenvalue weighted by Gasteiger charge is 2.54. The van der Waals surface area contributed by atoms with Crippen LogP contribution >= 0.6 is 23.1 Å². The number of oxime groups is 1. The van der Waals surface area contributed by atoms with Crippen molar-refractivity contribution in [2.45, 2.75) is 69.9 Å². The molecule has 13 heteroatoms. The summed E-state index contributed by atoms with van der Waals surface area (Å²) in [5, 5.41) is 12.5. The van der Waals surface area contributed by atoms with Gasteiger partial charge in [0.15, 0.2) is 10.8 Å². The lowest BCUT2D eigenvalue weighted by molar-refractivity contribution is -0.197. The van der Waals surface area contributed by atoms with Crippen molar-refractivity contribution < 1.29 is 28.7 Å². The fourth-order valence-electron chi connectivity index (χ4n) is 6.08. The average Bonchev–Trinajstić information content (AvgIpc) is 3.61. The predicted octanol–water partition coefficient (Wildman–Crippen LogP) is 6.67. The van der Waals surface area contributed by atoms with Crippen LogP contribution in [0, 0.1) is 0 Å². The Morgan fingerprint density at radius 1 is 0.887 bits per heavy atom. The van der Waals surface area contributed by atoms with E-state index in [0.29, 0.717) is 10.9 Å². The molecule has 11 nitrogen and oxygen atoms in total. The van der Waals surface area contributed by atoms with E-state index in [1.165, 1.54) is 35.1 Å². The lowest BCUT2D eigenvalue weighted by Crippen LogP contribution is -2.71. The van der Waals surface area contributed by atoms with Crippen molar-refractivity contribution in [2.24, 2.45) is 5.16 Å². The number of nitrogens with one attached hydrogen (secondary N) is 2. The molecule has 53 heavy (non-hydrogen) atoms. The molecule has 0 bridgehead atoms. The third kappa shape index (κ3) is 7.87. The summed E-state index contributed by atoms with van der Waals surface area (Å²) in [5.41, 5.74) is 2.40. The second kappa shape index (κ2) is 15.2. The van der Waals surface area contributed by atoms with Gasteiger partial charge in [-0.05, 0) is 50.0 Å². The quantitative estimate of drug-likeness (QED) is 0.0407. The van der Waals surface area contributed by atoms with Gasteiger partial charge in [-0.3, -0.25) is 14.5 Å². The summed E-state index contributed by atoms with van der Waals surface area (Å²) in [4.78, 5) is 52.8. The SMILES string of the molecule is COC(C)(C)ON=C(C(=O)NC1C(=O)N2C(C(=O)OC(C)(C)C)=C(C)CS[C@H]12)c1csc(NC(c2ccccc2)(c2ccccc2)c2ccccc2)n1. The molecule has 276 valence electrons. The van der Waals surface area contributed by atoms with Crippen LogP contribution in [0.2, 0.25) is 0 Å². The minimum Gasteiger partial charge on any atom is -0.455 e. The van der Waals surface area contributed by atoms with Crippen LogP contribution in [0.3, 0.4) is 0 Å². The highest BCUT2D eigenvalue weighted by Crippen LogP contribution is 2.42. The maximum atomic E-state index is 14.1. The summed E-state index contributed by atoms with van der Waals surface area (Å²) in [7, 11) is 1.47. The molecule has 1 aromatic heterocycles. The maximum absolute atomic E-state index is 14.1. The number of ether oxygens (including phenoxy) is 2. The Morgan fingerprint density at radius 3 is 1.94 bits per heavy atom. The number of thioether (sulfide) groups is 1. The molecule has 2 atom stereocenters. The van der Waals surface area contributed by atoms with Gasteiger partial charge in [-0.1, -0.05) is 96.2 Å². The number of methoxy groups -OCH3 is 1. The molecule has 0 saturated carbocycles. The first-order valence-electron chi connectivity index (χ1n) is 17.1. The Labute approximate surface area is 317 Å². The first-order chi connectivity index (χ1) is 25.2. The molecule has 3 heterocycles. The number of amides is 2. The third-order valence-corrected chi connectivity index (χ3v) is 10.9. The van der Waals surface area contributed by atoms with Crippen molar-refractivity contribution in [3.8, 4) is 0 Å². The van der Waals surface area contributed by atoms with E-state index in [1.54, 1.807) is 46.9 Å². The van der Waals surface area contributed by atoms with Crippen LogP contribution in [0.5, 0.6) is 0 Å². The third-order valence-electron chi connectivity index (χ3n) is 8.76. The Kier molecular flexibility index (Phi) is 10.8. The van der Waals surface area contributed by atoms with Gasteiger partial charge in [-0.2, -0.15) is 0 Å². The van der Waals surface area contributed by atoms with Gasteiger partial charge in [0, 0.05) is 32.1 Å². The van der Waals surface area contributed by atoms with Crippen LogP contribution in [-0.2, 0) is 34.2 Å². The van der Waals surface area contributed by atoms with E-state index >= 15 is 0 Å². The summed E-state index contributed by atoms with van der Waals surface area (Å²) in [6, 6.07) is 29.4. The van der Waals surface area contributed by atoms with Crippen molar-refractivity contribution >= 4 is 51.7 Å². The molecule has 1 fully saturated rings. The molecular formula is C40H43N5O6S2. The minimum atomic E-state index is -1.17. The van der Waals surface area contributed by atoms with Crippen molar-refractivity contribution in [2.75, 3.05) is 18.2 Å². The first-order valence-corrected chi connectivity index (χ1v) is 19.1. The van der Waals surface area contributed by atoms with E-state index < -0.39 is 46.1 Å². The van der Waals surface area contributed by atoms with Gasteiger partial charge in [0.2, 0.25) is 5.79 Å². The number of anilines is 1. The predicted molar refractivity (Wildman–Crippen MR) is 207 cm³/mol. The normalized spacial score (nSPS) is 17.8. The molecule has 4 aromatic rings. The Morgan fingerprint density at radius 2 is 1.43 bits per heavy atom. The number of thiazole rings is 1. The topological polar surface area (TPSA) is 131 Å². The average molecular weight is 754 g/mol. The molecule has 0 aliphatic carbocycles. The number of carbonyl (C=O) groups is 3. The zero-order chi connectivity index (χ0) is 38.0. The van der Waals surface area contributed by atoms with Crippen LogP contribution < -0.4 is 10.6 Å². The van der Waals surface area contributed by atoms with Gasteiger partial charge >= 0.3 is 5.97 Å². The fraction of sp³-hybridized carbons (Fsp3) is 0.325. The zero-order valence-electron chi connectivity index (χ0n) is 30.7. The zero-order valence-corrected chi connectivity index (χ0v) is 32.3. The van der Waals surface area contributed by atoms with Crippen molar-refractivity contribution in [3.05, 3.63) is 130 Å². The molecule has 0 spiro atoms. The number of β-lactam (4-membered cyclic amide) rings is 1. The molecule has 2 aliphatic rings. The molecular weight excluding hydrogens is 711 g/mol. The molecule has 1 saturated heterocycles. The second-order valence-corrected chi connectivity index (χ2v) is 16.1. The molecule has 0 radical (unpaired) electrons. The van der Waals surface area contributed by atoms with Gasteiger partial charge in [-0.15, -0.1) is 23.1 Å². The molecule has 2 aliphatic heterocycles. The number of fused-ring (bicyclic) bond motifs is 1. The number of nitrogens with zero attached hydrogens (tertiary/aromatic N) is 3. The first kappa shape index (κ1) is 37.8. The standard InChI is InChI=1S/C40H43N5O6S2/c1-25-23-52-35-31(34(47)45(35)32(25)36(48)50-38(2,3)4)42-33(46)30(44-51-39(5,6)49-7)29-24-53-37(41-29)43-40(26-17-11-8-12-18-26,27-19-13-9-14-20-27)28-21-15-10-16-22-28/h8-22,24,31,35H,23H2,1-7H3,(H,41,43)(H,42,46)/t31?,35-/m1/s1. The molecule has 1 unspecified atom stereocenters. The number of hydrogen-bond acceptors (Lipinski definition) is 11. The number of rotatable bonds is 12. The van der Waals surface area contributed by atoms with Crippen LogP contribution in [0.25, 0.3) is 0 Å². The van der Waals surface area contributed by atoms with E-state index in [9.17, 15) is 14.4 Å².